The Morgan fingerprint density at radius 2 is 1.32 bits per heavy atom. The van der Waals surface area contributed by atoms with Crippen LogP contribution in [0, 0.1) is 11.3 Å². The third-order valence-electron chi connectivity index (χ3n) is 6.51. The van der Waals surface area contributed by atoms with Crippen molar-refractivity contribution in [3.8, 4) is 0 Å². The van der Waals surface area contributed by atoms with Crippen LogP contribution in [0.25, 0.3) is 0 Å². The van der Waals surface area contributed by atoms with E-state index in [1.165, 1.54) is 56.3 Å². The van der Waals surface area contributed by atoms with Gasteiger partial charge in [0, 0.05) is 12.3 Å². The summed E-state index contributed by atoms with van der Waals surface area (Å²) in [5.74, 6) is 0.337. The molecule has 0 aromatic heterocycles. The van der Waals surface area contributed by atoms with Gasteiger partial charge >= 0.3 is 0 Å². The standard InChI is InChI=1S/C26H36N2/c1-3-25(27)26(23-15-9-7-10-16-23,24-17-11-8-12-18-24)22(2)21-28-19-13-5-4-6-14-20-28/h7-12,15-18,22,27H,3-6,13-14,19-21H2,1-2H3. The lowest BCUT2D eigenvalue weighted by molar-refractivity contribution is 0.199. The minimum atomic E-state index is -0.361. The summed E-state index contributed by atoms with van der Waals surface area (Å²) in [6.07, 6.45) is 7.50. The van der Waals surface area contributed by atoms with Crippen molar-refractivity contribution in [3.63, 3.8) is 0 Å². The zero-order valence-corrected chi connectivity index (χ0v) is 17.7. The van der Waals surface area contributed by atoms with E-state index in [1.54, 1.807) is 0 Å². The van der Waals surface area contributed by atoms with E-state index in [1.807, 2.05) is 0 Å². The maximum atomic E-state index is 9.12. The van der Waals surface area contributed by atoms with E-state index in [9.17, 15) is 0 Å². The summed E-state index contributed by atoms with van der Waals surface area (Å²) in [4.78, 5) is 2.66. The van der Waals surface area contributed by atoms with Crippen molar-refractivity contribution in [1.82, 2.24) is 4.90 Å². The van der Waals surface area contributed by atoms with Gasteiger partial charge in [-0.3, -0.25) is 0 Å². The molecule has 2 aromatic rings. The number of nitrogens with zero attached hydrogens (tertiary/aromatic N) is 1. The average Bonchev–Trinajstić information content (AvgIpc) is 2.72. The summed E-state index contributed by atoms with van der Waals surface area (Å²) >= 11 is 0. The van der Waals surface area contributed by atoms with Crippen molar-refractivity contribution >= 4 is 5.71 Å². The van der Waals surface area contributed by atoms with Crippen molar-refractivity contribution in [3.05, 3.63) is 71.8 Å². The molecule has 1 saturated heterocycles. The van der Waals surface area contributed by atoms with Crippen molar-refractivity contribution in [1.29, 1.82) is 5.41 Å². The SMILES string of the molecule is CCC(=N)C(c1ccccc1)(c1ccccc1)C(C)CN1CCCCCCC1. The number of rotatable bonds is 7. The van der Waals surface area contributed by atoms with Gasteiger partial charge in [0.15, 0.2) is 0 Å². The molecule has 1 aliphatic heterocycles. The van der Waals surface area contributed by atoms with Crippen LogP contribution in [0.2, 0.25) is 0 Å². The first-order valence-electron chi connectivity index (χ1n) is 11.1. The maximum absolute atomic E-state index is 9.12. The van der Waals surface area contributed by atoms with Gasteiger partial charge in [-0.15, -0.1) is 0 Å². The van der Waals surface area contributed by atoms with E-state index in [2.05, 4.69) is 79.4 Å². The third-order valence-corrected chi connectivity index (χ3v) is 6.51. The van der Waals surface area contributed by atoms with E-state index < -0.39 is 0 Å². The number of nitrogens with one attached hydrogen (secondary N) is 1. The van der Waals surface area contributed by atoms with Gasteiger partial charge in [-0.2, -0.15) is 0 Å². The quantitative estimate of drug-likeness (QED) is 0.564. The second kappa shape index (κ2) is 10.0. The number of hydrogen-bond acceptors (Lipinski definition) is 2. The summed E-state index contributed by atoms with van der Waals surface area (Å²) < 4.78 is 0. The molecule has 3 rings (SSSR count). The highest BCUT2D eigenvalue weighted by Gasteiger charge is 2.43. The van der Waals surface area contributed by atoms with Crippen LogP contribution >= 0.6 is 0 Å². The van der Waals surface area contributed by atoms with Crippen LogP contribution in [0.15, 0.2) is 60.7 Å². The molecule has 1 atom stereocenters. The average molecular weight is 377 g/mol. The van der Waals surface area contributed by atoms with Gasteiger partial charge in [0.2, 0.25) is 0 Å². The fourth-order valence-electron chi connectivity index (χ4n) is 5.08. The van der Waals surface area contributed by atoms with E-state index in [0.717, 1.165) is 18.7 Å². The normalized spacial score (nSPS) is 17.5. The molecule has 1 N–H and O–H groups in total. The first-order chi connectivity index (χ1) is 13.7. The molecule has 150 valence electrons. The Kier molecular flexibility index (Phi) is 7.44. The van der Waals surface area contributed by atoms with Gasteiger partial charge in [-0.25, -0.2) is 0 Å². The molecule has 0 saturated carbocycles. The van der Waals surface area contributed by atoms with Gasteiger partial charge in [-0.1, -0.05) is 93.8 Å². The molecule has 1 aliphatic rings. The Balaban J connectivity index is 2.02. The highest BCUT2D eigenvalue weighted by atomic mass is 15.1. The first kappa shape index (κ1) is 20.8. The van der Waals surface area contributed by atoms with E-state index in [-0.39, 0.29) is 5.41 Å². The molecule has 0 radical (unpaired) electrons. The lowest BCUT2D eigenvalue weighted by Gasteiger charge is -2.43. The largest absolute Gasteiger partial charge is 0.308 e. The fourth-order valence-corrected chi connectivity index (χ4v) is 5.08. The Hall–Kier alpha value is -1.93. The monoisotopic (exact) mass is 376 g/mol. The summed E-state index contributed by atoms with van der Waals surface area (Å²) in [6.45, 7) is 7.94. The van der Waals surface area contributed by atoms with Crippen LogP contribution in [0.5, 0.6) is 0 Å². The minimum Gasteiger partial charge on any atom is -0.308 e. The first-order valence-corrected chi connectivity index (χ1v) is 11.1. The van der Waals surface area contributed by atoms with Gasteiger partial charge in [-0.05, 0) is 49.4 Å². The summed E-state index contributed by atoms with van der Waals surface area (Å²) in [6, 6.07) is 21.6. The van der Waals surface area contributed by atoms with Crippen LogP contribution in [-0.4, -0.2) is 30.2 Å². The fraction of sp³-hybridized carbons (Fsp3) is 0.500. The summed E-state index contributed by atoms with van der Waals surface area (Å²) in [5.41, 5.74) is 2.98. The van der Waals surface area contributed by atoms with E-state index >= 15 is 0 Å². The molecule has 28 heavy (non-hydrogen) atoms. The molecule has 2 aromatic carbocycles. The maximum Gasteiger partial charge on any atom is 0.0615 e. The lowest BCUT2D eigenvalue weighted by atomic mass is 9.62. The van der Waals surface area contributed by atoms with Crippen molar-refractivity contribution in [2.45, 2.75) is 57.8 Å². The molecule has 0 aliphatic carbocycles. The number of likely N-dealkylation sites (tertiary alicyclic amines) is 1. The summed E-state index contributed by atoms with van der Waals surface area (Å²) in [7, 11) is 0. The van der Waals surface area contributed by atoms with Gasteiger partial charge < -0.3 is 10.3 Å². The molecular weight excluding hydrogens is 340 g/mol. The number of hydrogen-bond donors (Lipinski definition) is 1. The second-order valence-corrected chi connectivity index (χ2v) is 8.34. The highest BCUT2D eigenvalue weighted by Crippen LogP contribution is 2.42. The van der Waals surface area contributed by atoms with Crippen LogP contribution in [0.1, 0.15) is 63.5 Å². The molecule has 1 heterocycles. The zero-order chi connectivity index (χ0) is 19.8. The third kappa shape index (κ3) is 4.38. The predicted molar refractivity (Wildman–Crippen MR) is 120 cm³/mol. The molecule has 0 amide bonds. The van der Waals surface area contributed by atoms with Crippen LogP contribution in [0.3, 0.4) is 0 Å². The van der Waals surface area contributed by atoms with Crippen LogP contribution in [0.4, 0.5) is 0 Å². The molecule has 2 nitrogen and oxygen atoms in total. The minimum absolute atomic E-state index is 0.337. The Morgan fingerprint density at radius 1 is 0.857 bits per heavy atom. The van der Waals surface area contributed by atoms with E-state index in [4.69, 9.17) is 5.41 Å². The summed E-state index contributed by atoms with van der Waals surface area (Å²) in [5, 5.41) is 9.12. The topological polar surface area (TPSA) is 27.1 Å². The highest BCUT2D eigenvalue weighted by molar-refractivity contribution is 5.96. The molecule has 0 spiro atoms. The van der Waals surface area contributed by atoms with Crippen LogP contribution < -0.4 is 0 Å². The van der Waals surface area contributed by atoms with Gasteiger partial charge in [0.05, 0.1) is 5.41 Å². The smallest absolute Gasteiger partial charge is 0.0615 e. The number of benzene rings is 2. The van der Waals surface area contributed by atoms with Crippen molar-refractivity contribution in [2.24, 2.45) is 5.92 Å². The molecule has 1 unspecified atom stereocenters. The Labute approximate surface area is 171 Å². The predicted octanol–water partition coefficient (Wildman–Crippen LogP) is 6.30. The zero-order valence-electron chi connectivity index (χ0n) is 17.7. The Morgan fingerprint density at radius 3 is 1.79 bits per heavy atom. The van der Waals surface area contributed by atoms with Crippen LogP contribution in [-0.2, 0) is 5.41 Å². The van der Waals surface area contributed by atoms with E-state index in [0.29, 0.717) is 5.92 Å². The van der Waals surface area contributed by atoms with Crippen molar-refractivity contribution in [2.75, 3.05) is 19.6 Å². The Bertz CT molecular complexity index is 675. The second-order valence-electron chi connectivity index (χ2n) is 8.34. The molecular formula is C26H36N2. The van der Waals surface area contributed by atoms with Gasteiger partial charge in [0.1, 0.15) is 0 Å². The molecule has 2 heteroatoms. The van der Waals surface area contributed by atoms with Gasteiger partial charge in [0.25, 0.3) is 0 Å². The molecule has 0 bridgehead atoms. The van der Waals surface area contributed by atoms with Crippen molar-refractivity contribution < 1.29 is 0 Å². The lowest BCUT2D eigenvalue weighted by Crippen LogP contribution is -2.47. The molecule has 1 fully saturated rings.